The third-order valence-electron chi connectivity index (χ3n) is 4.21. The summed E-state index contributed by atoms with van der Waals surface area (Å²) in [5.41, 5.74) is 2.25. The van der Waals surface area contributed by atoms with Crippen LogP contribution in [-0.2, 0) is 6.42 Å². The standard InChI is InChI=1S/C15H19N3/c16-11-15(5-7-17-8-6-15)9-14-4-3-13(10-18-14)12-1-2-12/h3-4,10,12,17H,1-2,5-9H2. The number of piperidine rings is 1. The second-order valence-electron chi connectivity index (χ2n) is 5.68. The molecule has 1 aliphatic heterocycles. The fraction of sp³-hybridized carbons (Fsp3) is 0.600. The van der Waals surface area contributed by atoms with Gasteiger partial charge in [-0.2, -0.15) is 5.26 Å². The van der Waals surface area contributed by atoms with Gasteiger partial charge in [0.2, 0.25) is 0 Å². The normalized spacial score (nSPS) is 22.4. The van der Waals surface area contributed by atoms with E-state index in [1.165, 1.54) is 18.4 Å². The lowest BCUT2D eigenvalue weighted by atomic mass is 9.76. The predicted molar refractivity (Wildman–Crippen MR) is 70.1 cm³/mol. The van der Waals surface area contributed by atoms with Crippen molar-refractivity contribution in [2.45, 2.75) is 38.0 Å². The van der Waals surface area contributed by atoms with Gasteiger partial charge in [0, 0.05) is 18.3 Å². The molecule has 0 amide bonds. The minimum absolute atomic E-state index is 0.195. The van der Waals surface area contributed by atoms with E-state index >= 15 is 0 Å². The lowest BCUT2D eigenvalue weighted by molar-refractivity contribution is 0.278. The van der Waals surface area contributed by atoms with Crippen molar-refractivity contribution in [2.24, 2.45) is 5.41 Å². The molecule has 18 heavy (non-hydrogen) atoms. The second kappa shape index (κ2) is 4.70. The van der Waals surface area contributed by atoms with Crippen molar-refractivity contribution in [3.63, 3.8) is 0 Å². The number of nitriles is 1. The quantitative estimate of drug-likeness (QED) is 0.884. The van der Waals surface area contributed by atoms with Crippen molar-refractivity contribution in [3.05, 3.63) is 29.6 Å². The first-order valence-corrected chi connectivity index (χ1v) is 6.88. The van der Waals surface area contributed by atoms with Gasteiger partial charge in [-0.05, 0) is 56.3 Å². The molecule has 2 heterocycles. The monoisotopic (exact) mass is 241 g/mol. The summed E-state index contributed by atoms with van der Waals surface area (Å²) >= 11 is 0. The molecule has 0 spiro atoms. The first-order chi connectivity index (χ1) is 8.81. The minimum atomic E-state index is -0.195. The summed E-state index contributed by atoms with van der Waals surface area (Å²) < 4.78 is 0. The highest BCUT2D eigenvalue weighted by molar-refractivity contribution is 5.23. The highest BCUT2D eigenvalue weighted by atomic mass is 14.9. The number of nitrogens with one attached hydrogen (secondary N) is 1. The molecule has 0 unspecified atom stereocenters. The maximum atomic E-state index is 9.45. The van der Waals surface area contributed by atoms with Crippen LogP contribution >= 0.6 is 0 Å². The molecule has 2 aliphatic rings. The highest BCUT2D eigenvalue weighted by Crippen LogP contribution is 2.40. The first-order valence-electron chi connectivity index (χ1n) is 6.88. The molecule has 94 valence electrons. The Morgan fingerprint density at radius 1 is 1.33 bits per heavy atom. The van der Waals surface area contributed by atoms with Gasteiger partial charge in [-0.1, -0.05) is 6.07 Å². The zero-order chi connectivity index (χ0) is 12.4. The summed E-state index contributed by atoms with van der Waals surface area (Å²) in [5, 5.41) is 12.8. The van der Waals surface area contributed by atoms with Gasteiger partial charge in [0.1, 0.15) is 0 Å². The van der Waals surface area contributed by atoms with Crippen molar-refractivity contribution in [1.82, 2.24) is 10.3 Å². The maximum Gasteiger partial charge on any atom is 0.0694 e. The van der Waals surface area contributed by atoms with Crippen LogP contribution < -0.4 is 5.32 Å². The molecule has 1 aliphatic carbocycles. The molecule has 0 radical (unpaired) electrons. The first kappa shape index (κ1) is 11.7. The molecule has 0 bridgehead atoms. The molecular formula is C15H19N3. The summed E-state index contributed by atoms with van der Waals surface area (Å²) in [6, 6.07) is 6.86. The Labute approximate surface area is 108 Å². The smallest absolute Gasteiger partial charge is 0.0694 e. The predicted octanol–water partition coefficient (Wildman–Crippen LogP) is 2.39. The summed E-state index contributed by atoms with van der Waals surface area (Å²) in [7, 11) is 0. The van der Waals surface area contributed by atoms with Crippen LogP contribution in [0.3, 0.4) is 0 Å². The summed E-state index contributed by atoms with van der Waals surface area (Å²) in [6.45, 7) is 1.90. The highest BCUT2D eigenvalue weighted by Gasteiger charge is 2.32. The number of hydrogen-bond acceptors (Lipinski definition) is 3. The van der Waals surface area contributed by atoms with Crippen LogP contribution in [0.25, 0.3) is 0 Å². The third kappa shape index (κ3) is 2.39. The van der Waals surface area contributed by atoms with Crippen LogP contribution in [0.1, 0.15) is 42.9 Å². The molecule has 3 heteroatoms. The van der Waals surface area contributed by atoms with Crippen LogP contribution in [0, 0.1) is 16.7 Å². The number of nitrogens with zero attached hydrogens (tertiary/aromatic N) is 2. The maximum absolute atomic E-state index is 9.45. The van der Waals surface area contributed by atoms with Gasteiger partial charge < -0.3 is 5.32 Å². The minimum Gasteiger partial charge on any atom is -0.317 e. The van der Waals surface area contributed by atoms with Gasteiger partial charge in [-0.15, -0.1) is 0 Å². The second-order valence-corrected chi connectivity index (χ2v) is 5.68. The largest absolute Gasteiger partial charge is 0.317 e. The summed E-state index contributed by atoms with van der Waals surface area (Å²) in [5.74, 6) is 0.760. The Morgan fingerprint density at radius 2 is 2.11 bits per heavy atom. The average molecular weight is 241 g/mol. The molecule has 3 nitrogen and oxygen atoms in total. The van der Waals surface area contributed by atoms with Crippen LogP contribution in [0.4, 0.5) is 0 Å². The third-order valence-corrected chi connectivity index (χ3v) is 4.21. The SMILES string of the molecule is N#CC1(Cc2ccc(C3CC3)cn2)CCNCC1. The van der Waals surface area contributed by atoms with Crippen LogP contribution in [0.15, 0.2) is 18.3 Å². The van der Waals surface area contributed by atoms with E-state index in [4.69, 9.17) is 0 Å². The molecule has 1 aromatic rings. The van der Waals surface area contributed by atoms with Crippen molar-refractivity contribution < 1.29 is 0 Å². The Kier molecular flexibility index (Phi) is 3.05. The van der Waals surface area contributed by atoms with Crippen molar-refractivity contribution >= 4 is 0 Å². The van der Waals surface area contributed by atoms with Crippen molar-refractivity contribution in [1.29, 1.82) is 5.26 Å². The molecule has 1 saturated heterocycles. The van der Waals surface area contributed by atoms with E-state index in [1.807, 2.05) is 6.20 Å². The summed E-state index contributed by atoms with van der Waals surface area (Å²) in [4.78, 5) is 4.56. The van der Waals surface area contributed by atoms with Gasteiger partial charge >= 0.3 is 0 Å². The molecule has 2 fully saturated rings. The Morgan fingerprint density at radius 3 is 2.67 bits per heavy atom. The molecule has 1 N–H and O–H groups in total. The Balaban J connectivity index is 1.72. The van der Waals surface area contributed by atoms with E-state index < -0.39 is 0 Å². The zero-order valence-electron chi connectivity index (χ0n) is 10.7. The van der Waals surface area contributed by atoms with Crippen molar-refractivity contribution in [3.8, 4) is 6.07 Å². The Hall–Kier alpha value is -1.40. The number of hydrogen-bond donors (Lipinski definition) is 1. The van der Waals surface area contributed by atoms with E-state index in [0.717, 1.165) is 44.0 Å². The van der Waals surface area contributed by atoms with Gasteiger partial charge in [0.05, 0.1) is 11.5 Å². The van der Waals surface area contributed by atoms with E-state index in [0.29, 0.717) is 0 Å². The molecular weight excluding hydrogens is 222 g/mol. The van der Waals surface area contributed by atoms with Gasteiger partial charge in [0.25, 0.3) is 0 Å². The summed E-state index contributed by atoms with van der Waals surface area (Å²) in [6.07, 6.45) is 7.32. The lowest BCUT2D eigenvalue weighted by Crippen LogP contribution is -2.37. The number of pyridine rings is 1. The van der Waals surface area contributed by atoms with E-state index in [9.17, 15) is 5.26 Å². The molecule has 0 atom stereocenters. The van der Waals surface area contributed by atoms with Crippen LogP contribution in [0.5, 0.6) is 0 Å². The van der Waals surface area contributed by atoms with E-state index in [-0.39, 0.29) is 5.41 Å². The van der Waals surface area contributed by atoms with E-state index in [2.05, 4.69) is 28.5 Å². The molecule has 1 aromatic heterocycles. The van der Waals surface area contributed by atoms with Crippen LogP contribution in [-0.4, -0.2) is 18.1 Å². The fourth-order valence-electron chi connectivity index (χ4n) is 2.78. The Bertz CT molecular complexity index is 448. The zero-order valence-corrected chi connectivity index (χ0v) is 10.7. The topological polar surface area (TPSA) is 48.7 Å². The fourth-order valence-corrected chi connectivity index (χ4v) is 2.78. The van der Waals surface area contributed by atoms with Crippen LogP contribution in [0.2, 0.25) is 0 Å². The average Bonchev–Trinajstić information content (AvgIpc) is 3.25. The molecule has 0 aromatic carbocycles. The molecule has 3 rings (SSSR count). The lowest BCUT2D eigenvalue weighted by Gasteiger charge is -2.30. The van der Waals surface area contributed by atoms with Gasteiger partial charge in [0.15, 0.2) is 0 Å². The van der Waals surface area contributed by atoms with E-state index in [1.54, 1.807) is 0 Å². The molecule has 1 saturated carbocycles. The number of rotatable bonds is 3. The van der Waals surface area contributed by atoms with Gasteiger partial charge in [-0.3, -0.25) is 4.98 Å². The van der Waals surface area contributed by atoms with Crippen molar-refractivity contribution in [2.75, 3.05) is 13.1 Å². The number of aromatic nitrogens is 1. The van der Waals surface area contributed by atoms with Gasteiger partial charge in [-0.25, -0.2) is 0 Å².